The standard InChI is InChI=1S/C12H13NO2S/c1-9-3-4-10(8-13)11(7-9)16-6-5-12(14)15-2/h3-4,7H,5-6H2,1-2H3. The SMILES string of the molecule is COC(=O)CCSc1cc(C)ccc1C#N. The quantitative estimate of drug-likeness (QED) is 0.594. The number of esters is 1. The number of ether oxygens (including phenoxy) is 1. The Labute approximate surface area is 99.4 Å². The summed E-state index contributed by atoms with van der Waals surface area (Å²) in [4.78, 5) is 11.8. The summed E-state index contributed by atoms with van der Waals surface area (Å²) in [7, 11) is 1.38. The maximum Gasteiger partial charge on any atom is 0.306 e. The van der Waals surface area contributed by atoms with Crippen LogP contribution in [0.2, 0.25) is 0 Å². The minimum Gasteiger partial charge on any atom is -0.469 e. The fourth-order valence-corrected chi connectivity index (χ4v) is 2.21. The largest absolute Gasteiger partial charge is 0.469 e. The molecule has 0 aliphatic heterocycles. The van der Waals surface area contributed by atoms with Crippen LogP contribution in [0.4, 0.5) is 0 Å². The van der Waals surface area contributed by atoms with E-state index in [1.54, 1.807) is 6.07 Å². The highest BCUT2D eigenvalue weighted by molar-refractivity contribution is 7.99. The van der Waals surface area contributed by atoms with E-state index in [4.69, 9.17) is 5.26 Å². The Morgan fingerprint density at radius 3 is 2.94 bits per heavy atom. The average Bonchev–Trinajstić information content (AvgIpc) is 2.29. The molecule has 0 atom stereocenters. The second-order valence-corrected chi connectivity index (χ2v) is 4.42. The van der Waals surface area contributed by atoms with Crippen molar-refractivity contribution in [2.24, 2.45) is 0 Å². The number of rotatable bonds is 4. The number of thioether (sulfide) groups is 1. The number of methoxy groups -OCH3 is 1. The first-order chi connectivity index (χ1) is 7.67. The van der Waals surface area contributed by atoms with Gasteiger partial charge >= 0.3 is 5.97 Å². The predicted molar refractivity (Wildman–Crippen MR) is 63.3 cm³/mol. The third-order valence-electron chi connectivity index (χ3n) is 2.05. The topological polar surface area (TPSA) is 50.1 Å². The zero-order valence-electron chi connectivity index (χ0n) is 9.32. The minimum atomic E-state index is -0.223. The molecule has 0 spiro atoms. The van der Waals surface area contributed by atoms with Gasteiger partial charge in [0.2, 0.25) is 0 Å². The van der Waals surface area contributed by atoms with Gasteiger partial charge in [0.15, 0.2) is 0 Å². The number of benzene rings is 1. The van der Waals surface area contributed by atoms with E-state index in [9.17, 15) is 4.79 Å². The minimum absolute atomic E-state index is 0.223. The first-order valence-corrected chi connectivity index (χ1v) is 5.86. The molecule has 1 aromatic carbocycles. The van der Waals surface area contributed by atoms with Crippen molar-refractivity contribution in [3.05, 3.63) is 29.3 Å². The van der Waals surface area contributed by atoms with E-state index in [1.165, 1.54) is 18.9 Å². The van der Waals surface area contributed by atoms with Crippen molar-refractivity contribution in [2.75, 3.05) is 12.9 Å². The maximum atomic E-state index is 10.9. The molecule has 0 bridgehead atoms. The van der Waals surface area contributed by atoms with Crippen molar-refractivity contribution in [3.63, 3.8) is 0 Å². The van der Waals surface area contributed by atoms with Crippen molar-refractivity contribution < 1.29 is 9.53 Å². The lowest BCUT2D eigenvalue weighted by Gasteiger charge is -2.04. The molecule has 1 rings (SSSR count). The molecule has 0 aliphatic rings. The van der Waals surface area contributed by atoms with Crippen LogP contribution in [0.25, 0.3) is 0 Å². The Bertz CT molecular complexity index is 424. The van der Waals surface area contributed by atoms with Gasteiger partial charge in [-0.1, -0.05) is 6.07 Å². The van der Waals surface area contributed by atoms with Gasteiger partial charge in [-0.2, -0.15) is 5.26 Å². The fraction of sp³-hybridized carbons (Fsp3) is 0.333. The highest BCUT2D eigenvalue weighted by Crippen LogP contribution is 2.24. The van der Waals surface area contributed by atoms with Crippen molar-refractivity contribution in [1.29, 1.82) is 5.26 Å². The van der Waals surface area contributed by atoms with Crippen LogP contribution in [0.15, 0.2) is 23.1 Å². The van der Waals surface area contributed by atoms with Crippen molar-refractivity contribution >= 4 is 17.7 Å². The molecule has 0 aromatic heterocycles. The molecule has 0 unspecified atom stereocenters. The van der Waals surface area contributed by atoms with E-state index in [0.717, 1.165) is 10.5 Å². The summed E-state index contributed by atoms with van der Waals surface area (Å²) in [6.07, 6.45) is 0.361. The number of nitriles is 1. The Balaban J connectivity index is 2.63. The van der Waals surface area contributed by atoms with Gasteiger partial charge in [0.25, 0.3) is 0 Å². The van der Waals surface area contributed by atoms with Crippen LogP contribution in [0.3, 0.4) is 0 Å². The molecule has 0 fully saturated rings. The summed E-state index contributed by atoms with van der Waals surface area (Å²) >= 11 is 1.51. The zero-order valence-corrected chi connectivity index (χ0v) is 10.1. The van der Waals surface area contributed by atoms with Crippen LogP contribution < -0.4 is 0 Å². The molecule has 0 N–H and O–H groups in total. The van der Waals surface area contributed by atoms with Crippen LogP contribution in [-0.2, 0) is 9.53 Å². The number of aryl methyl sites for hydroxylation is 1. The molecule has 0 heterocycles. The molecule has 84 valence electrons. The van der Waals surface area contributed by atoms with Gasteiger partial charge in [-0.05, 0) is 24.6 Å². The molecule has 0 saturated carbocycles. The number of nitrogens with zero attached hydrogens (tertiary/aromatic N) is 1. The fourth-order valence-electron chi connectivity index (χ4n) is 1.19. The summed E-state index contributed by atoms with van der Waals surface area (Å²) in [6, 6.07) is 7.80. The normalized spacial score (nSPS) is 9.56. The van der Waals surface area contributed by atoms with E-state index < -0.39 is 0 Å². The summed E-state index contributed by atoms with van der Waals surface area (Å²) in [6.45, 7) is 1.98. The Kier molecular flexibility index (Phi) is 4.87. The highest BCUT2D eigenvalue weighted by atomic mass is 32.2. The lowest BCUT2D eigenvalue weighted by Crippen LogP contribution is -2.01. The third-order valence-corrected chi connectivity index (χ3v) is 3.11. The van der Waals surface area contributed by atoms with Gasteiger partial charge in [-0.25, -0.2) is 0 Å². The monoisotopic (exact) mass is 235 g/mol. The van der Waals surface area contributed by atoms with Crippen LogP contribution in [-0.4, -0.2) is 18.8 Å². The number of carbonyl (C=O) groups is 1. The summed E-state index contributed by atoms with van der Waals surface area (Å²) < 4.78 is 4.55. The molecular formula is C12H13NO2S. The molecule has 0 saturated heterocycles. The highest BCUT2D eigenvalue weighted by Gasteiger charge is 2.05. The first-order valence-electron chi connectivity index (χ1n) is 4.87. The summed E-state index contributed by atoms with van der Waals surface area (Å²) in [5, 5.41) is 8.91. The predicted octanol–water partition coefficient (Wildman–Crippen LogP) is 2.52. The van der Waals surface area contributed by atoms with Crippen LogP contribution in [0, 0.1) is 18.3 Å². The van der Waals surface area contributed by atoms with Crippen molar-refractivity contribution in [1.82, 2.24) is 0 Å². The van der Waals surface area contributed by atoms with E-state index in [2.05, 4.69) is 10.8 Å². The lowest BCUT2D eigenvalue weighted by molar-refractivity contribution is -0.140. The molecule has 16 heavy (non-hydrogen) atoms. The summed E-state index contributed by atoms with van der Waals surface area (Å²) in [5.41, 5.74) is 1.76. The molecule has 0 radical (unpaired) electrons. The second-order valence-electron chi connectivity index (χ2n) is 3.29. The van der Waals surface area contributed by atoms with E-state index in [0.29, 0.717) is 17.7 Å². The first kappa shape index (κ1) is 12.6. The van der Waals surface area contributed by atoms with Crippen LogP contribution in [0.1, 0.15) is 17.5 Å². The van der Waals surface area contributed by atoms with E-state index >= 15 is 0 Å². The molecule has 3 nitrogen and oxygen atoms in total. The van der Waals surface area contributed by atoms with Gasteiger partial charge in [-0.15, -0.1) is 11.8 Å². The van der Waals surface area contributed by atoms with Gasteiger partial charge in [0, 0.05) is 10.6 Å². The van der Waals surface area contributed by atoms with Crippen LogP contribution >= 0.6 is 11.8 Å². The second kappa shape index (κ2) is 6.19. The summed E-state index contributed by atoms with van der Waals surface area (Å²) in [5.74, 6) is 0.406. The van der Waals surface area contributed by atoms with Crippen molar-refractivity contribution in [2.45, 2.75) is 18.2 Å². The van der Waals surface area contributed by atoms with Gasteiger partial charge in [0.05, 0.1) is 19.1 Å². The molecule has 1 aromatic rings. The third kappa shape index (κ3) is 3.59. The van der Waals surface area contributed by atoms with Crippen molar-refractivity contribution in [3.8, 4) is 6.07 Å². The van der Waals surface area contributed by atoms with E-state index in [1.807, 2.05) is 19.1 Å². The number of hydrogen-bond acceptors (Lipinski definition) is 4. The molecular weight excluding hydrogens is 222 g/mol. The van der Waals surface area contributed by atoms with Gasteiger partial charge in [-0.3, -0.25) is 4.79 Å². The lowest BCUT2D eigenvalue weighted by atomic mass is 10.2. The number of hydrogen-bond donors (Lipinski definition) is 0. The average molecular weight is 235 g/mol. The molecule has 4 heteroatoms. The van der Waals surface area contributed by atoms with E-state index in [-0.39, 0.29) is 5.97 Å². The van der Waals surface area contributed by atoms with Gasteiger partial charge in [0.1, 0.15) is 6.07 Å². The number of carbonyl (C=O) groups excluding carboxylic acids is 1. The zero-order chi connectivity index (χ0) is 12.0. The molecule has 0 amide bonds. The smallest absolute Gasteiger partial charge is 0.306 e. The molecule has 0 aliphatic carbocycles. The maximum absolute atomic E-state index is 10.9. The van der Waals surface area contributed by atoms with Gasteiger partial charge < -0.3 is 4.74 Å². The van der Waals surface area contributed by atoms with Crippen LogP contribution in [0.5, 0.6) is 0 Å². The Morgan fingerprint density at radius 2 is 2.31 bits per heavy atom. The Hall–Kier alpha value is -1.47. The Morgan fingerprint density at radius 1 is 1.56 bits per heavy atom.